The van der Waals surface area contributed by atoms with Gasteiger partial charge in [-0.3, -0.25) is 4.79 Å². The van der Waals surface area contributed by atoms with Gasteiger partial charge in [-0.05, 0) is 30.9 Å². The maximum absolute atomic E-state index is 12.4. The first-order chi connectivity index (χ1) is 8.61. The quantitative estimate of drug-likeness (QED) is 0.900. The van der Waals surface area contributed by atoms with Gasteiger partial charge >= 0.3 is 0 Å². The molecule has 1 fully saturated rings. The highest BCUT2D eigenvalue weighted by atomic mass is 35.5. The number of piperidine rings is 1. The van der Waals surface area contributed by atoms with Crippen molar-refractivity contribution in [2.24, 2.45) is 11.7 Å². The van der Waals surface area contributed by atoms with Crippen LogP contribution >= 0.6 is 36.4 Å². The molecule has 2 N–H and O–H groups in total. The minimum absolute atomic E-state index is 0. The minimum Gasteiger partial charge on any atom is -0.333 e. The topological polar surface area (TPSA) is 59.2 Å². The zero-order valence-corrected chi connectivity index (χ0v) is 13.7. The lowest BCUT2D eigenvalue weighted by molar-refractivity contribution is 0.0567. The van der Waals surface area contributed by atoms with Crippen molar-refractivity contribution < 1.29 is 4.79 Å². The van der Waals surface area contributed by atoms with Crippen LogP contribution in [0.15, 0.2) is 18.3 Å². The zero-order chi connectivity index (χ0) is 13.1. The van der Waals surface area contributed by atoms with Gasteiger partial charge in [0.1, 0.15) is 5.69 Å². The summed E-state index contributed by atoms with van der Waals surface area (Å²) in [5.74, 6) is 0.579. The third-order valence-electron chi connectivity index (χ3n) is 3.46. The van der Waals surface area contributed by atoms with Crippen LogP contribution < -0.4 is 5.73 Å². The van der Waals surface area contributed by atoms with E-state index in [1.54, 1.807) is 12.1 Å². The average Bonchev–Trinajstić information content (AvgIpc) is 2.38. The fraction of sp³-hybridized carbons (Fsp3) is 0.538. The van der Waals surface area contributed by atoms with Crippen molar-refractivity contribution in [3.8, 4) is 0 Å². The van der Waals surface area contributed by atoms with Crippen molar-refractivity contribution in [1.29, 1.82) is 0 Å². The Hall–Kier alpha value is -0.550. The van der Waals surface area contributed by atoms with Crippen molar-refractivity contribution in [3.63, 3.8) is 0 Å². The predicted molar refractivity (Wildman–Crippen MR) is 86.0 cm³/mol. The van der Waals surface area contributed by atoms with Gasteiger partial charge in [-0.15, -0.1) is 24.8 Å². The molecule has 0 aromatic carbocycles. The Morgan fingerprint density at radius 2 is 2.20 bits per heavy atom. The monoisotopic (exact) mass is 339 g/mol. The average molecular weight is 341 g/mol. The largest absolute Gasteiger partial charge is 0.333 e. The Kier molecular flexibility index (Phi) is 8.44. The van der Waals surface area contributed by atoms with Gasteiger partial charge in [0.2, 0.25) is 0 Å². The van der Waals surface area contributed by atoms with Crippen molar-refractivity contribution in [3.05, 3.63) is 29.0 Å². The number of hydrogen-bond acceptors (Lipinski definition) is 3. The number of rotatable bonds is 2. The first-order valence-corrected chi connectivity index (χ1v) is 6.62. The Morgan fingerprint density at radius 1 is 1.50 bits per heavy atom. The lowest BCUT2D eigenvalue weighted by Gasteiger charge is -2.37. The third kappa shape index (κ3) is 4.48. The van der Waals surface area contributed by atoms with Crippen LogP contribution in [0.25, 0.3) is 0 Å². The summed E-state index contributed by atoms with van der Waals surface area (Å²) < 4.78 is 0. The molecule has 4 nitrogen and oxygen atoms in total. The number of pyridine rings is 1. The van der Waals surface area contributed by atoms with Crippen molar-refractivity contribution in [2.45, 2.75) is 25.8 Å². The Bertz CT molecular complexity index is 427. The summed E-state index contributed by atoms with van der Waals surface area (Å²) in [5, 5.41) is 0.536. The van der Waals surface area contributed by atoms with Gasteiger partial charge < -0.3 is 10.6 Å². The zero-order valence-electron chi connectivity index (χ0n) is 11.3. The van der Waals surface area contributed by atoms with E-state index in [1.165, 1.54) is 6.20 Å². The smallest absolute Gasteiger partial charge is 0.272 e. The molecule has 1 aromatic heterocycles. The summed E-state index contributed by atoms with van der Waals surface area (Å²) in [6.45, 7) is 3.46. The van der Waals surface area contributed by atoms with Crippen LogP contribution in [-0.2, 0) is 0 Å². The molecule has 0 radical (unpaired) electrons. The van der Waals surface area contributed by atoms with E-state index in [0.717, 1.165) is 19.4 Å². The van der Waals surface area contributed by atoms with E-state index < -0.39 is 0 Å². The highest BCUT2D eigenvalue weighted by Crippen LogP contribution is 2.23. The third-order valence-corrected chi connectivity index (χ3v) is 3.68. The molecule has 2 rings (SSSR count). The second kappa shape index (κ2) is 8.67. The van der Waals surface area contributed by atoms with Crippen LogP contribution in [0, 0.1) is 5.92 Å². The van der Waals surface area contributed by atoms with E-state index >= 15 is 0 Å². The first-order valence-electron chi connectivity index (χ1n) is 6.24. The number of carbonyl (C=O) groups is 1. The number of nitrogens with two attached hydrogens (primary N) is 1. The number of hydrogen-bond donors (Lipinski definition) is 1. The molecule has 0 aliphatic carbocycles. The fourth-order valence-corrected chi connectivity index (χ4v) is 2.50. The number of likely N-dealkylation sites (tertiary alicyclic amines) is 1. The minimum atomic E-state index is -0.0472. The molecule has 20 heavy (non-hydrogen) atoms. The van der Waals surface area contributed by atoms with Gasteiger partial charge in [0.25, 0.3) is 5.91 Å². The molecule has 1 amide bonds. The molecule has 7 heteroatoms. The first kappa shape index (κ1) is 19.4. The fourth-order valence-electron chi connectivity index (χ4n) is 2.39. The molecule has 1 saturated heterocycles. The predicted octanol–water partition coefficient (Wildman–Crippen LogP) is 2.78. The van der Waals surface area contributed by atoms with E-state index in [4.69, 9.17) is 17.3 Å². The maximum Gasteiger partial charge on any atom is 0.272 e. The summed E-state index contributed by atoms with van der Waals surface area (Å²) in [5.41, 5.74) is 6.20. The van der Waals surface area contributed by atoms with Crippen LogP contribution in [0.2, 0.25) is 5.02 Å². The van der Waals surface area contributed by atoms with Crippen LogP contribution in [0.4, 0.5) is 0 Å². The maximum atomic E-state index is 12.4. The van der Waals surface area contributed by atoms with E-state index in [2.05, 4.69) is 11.9 Å². The molecule has 0 bridgehead atoms. The lowest BCUT2D eigenvalue weighted by atomic mass is 9.92. The van der Waals surface area contributed by atoms with Gasteiger partial charge in [0, 0.05) is 25.3 Å². The van der Waals surface area contributed by atoms with Crippen LogP contribution in [0.3, 0.4) is 0 Å². The summed E-state index contributed by atoms with van der Waals surface area (Å²) in [6.07, 6.45) is 3.49. The Labute approximate surface area is 136 Å². The normalized spacial score (nSPS) is 21.6. The van der Waals surface area contributed by atoms with Gasteiger partial charge in [0.15, 0.2) is 0 Å². The SMILES string of the molecule is CC1CCN(C(=O)c2ccc(Cl)cn2)C(CN)C1.Cl.Cl. The molecule has 1 aliphatic rings. The van der Waals surface area contributed by atoms with Crippen molar-refractivity contribution >= 4 is 42.3 Å². The summed E-state index contributed by atoms with van der Waals surface area (Å²) in [7, 11) is 0. The van der Waals surface area contributed by atoms with Gasteiger partial charge in [-0.1, -0.05) is 18.5 Å². The standard InChI is InChI=1S/C13H18ClN3O.2ClH/c1-9-4-5-17(11(6-9)7-15)13(18)12-3-2-10(14)8-16-12;;/h2-3,8-9,11H,4-7,15H2,1H3;2*1H. The number of halogens is 3. The second-order valence-electron chi connectivity index (χ2n) is 4.88. The van der Waals surface area contributed by atoms with Crippen LogP contribution in [-0.4, -0.2) is 34.9 Å². The Balaban J connectivity index is 0.00000180. The molecule has 2 unspecified atom stereocenters. The highest BCUT2D eigenvalue weighted by molar-refractivity contribution is 6.30. The van der Waals surface area contributed by atoms with E-state index in [9.17, 15) is 4.79 Å². The van der Waals surface area contributed by atoms with E-state index in [-0.39, 0.29) is 36.8 Å². The summed E-state index contributed by atoms with van der Waals surface area (Å²) in [6, 6.07) is 3.47. The molecule has 2 heterocycles. The van der Waals surface area contributed by atoms with Crippen molar-refractivity contribution in [1.82, 2.24) is 9.88 Å². The molecule has 0 saturated carbocycles. The van der Waals surface area contributed by atoms with E-state index in [0.29, 0.717) is 23.2 Å². The van der Waals surface area contributed by atoms with Gasteiger partial charge in [-0.25, -0.2) is 4.98 Å². The number of aromatic nitrogens is 1. The van der Waals surface area contributed by atoms with Gasteiger partial charge in [0.05, 0.1) is 5.02 Å². The number of amides is 1. The lowest BCUT2D eigenvalue weighted by Crippen LogP contribution is -2.49. The number of carbonyl (C=O) groups excluding carboxylic acids is 1. The summed E-state index contributed by atoms with van der Waals surface area (Å²) >= 11 is 5.77. The molecule has 2 atom stereocenters. The highest BCUT2D eigenvalue weighted by Gasteiger charge is 2.29. The number of nitrogens with zero attached hydrogens (tertiary/aromatic N) is 2. The van der Waals surface area contributed by atoms with E-state index in [1.807, 2.05) is 4.90 Å². The molecular formula is C13H20Cl3N3O. The summed E-state index contributed by atoms with van der Waals surface area (Å²) in [4.78, 5) is 18.3. The molecule has 114 valence electrons. The molecule has 1 aromatic rings. The van der Waals surface area contributed by atoms with Crippen molar-refractivity contribution in [2.75, 3.05) is 13.1 Å². The Morgan fingerprint density at radius 3 is 2.75 bits per heavy atom. The van der Waals surface area contributed by atoms with Crippen LogP contribution in [0.1, 0.15) is 30.3 Å². The van der Waals surface area contributed by atoms with Crippen LogP contribution in [0.5, 0.6) is 0 Å². The molecular weight excluding hydrogens is 321 g/mol. The second-order valence-corrected chi connectivity index (χ2v) is 5.32. The molecule has 0 spiro atoms. The van der Waals surface area contributed by atoms with Gasteiger partial charge in [-0.2, -0.15) is 0 Å². The molecule has 1 aliphatic heterocycles.